The lowest BCUT2D eigenvalue weighted by Crippen LogP contribution is -2.11. The highest BCUT2D eigenvalue weighted by Crippen LogP contribution is 2.31. The largest absolute Gasteiger partial charge is 0.432 e. The lowest BCUT2D eigenvalue weighted by molar-refractivity contribution is -0.385. The molecule has 0 aliphatic heterocycles. The van der Waals surface area contributed by atoms with Gasteiger partial charge in [0, 0.05) is 17.8 Å². The molecular formula is C12H9FN4O3. The van der Waals surface area contributed by atoms with Crippen LogP contribution in [0.3, 0.4) is 0 Å². The highest BCUT2D eigenvalue weighted by molar-refractivity contribution is 5.95. The van der Waals surface area contributed by atoms with Gasteiger partial charge in [-0.25, -0.2) is 9.37 Å². The maximum absolute atomic E-state index is 13.0. The summed E-state index contributed by atoms with van der Waals surface area (Å²) in [5, 5.41) is 18.1. The number of nitro groups is 1. The average molecular weight is 276 g/mol. The van der Waals surface area contributed by atoms with Crippen molar-refractivity contribution in [3.8, 4) is 11.6 Å². The zero-order valence-corrected chi connectivity index (χ0v) is 10.0. The first-order chi connectivity index (χ1) is 9.47. The number of hydrogen-bond acceptors (Lipinski definition) is 5. The quantitative estimate of drug-likeness (QED) is 0.384. The second-order valence-electron chi connectivity index (χ2n) is 3.77. The maximum atomic E-state index is 13.0. The number of rotatable bonds is 4. The number of ether oxygens (including phenoxy) is 1. The Bertz CT molecular complexity index is 690. The van der Waals surface area contributed by atoms with Crippen LogP contribution in [0, 0.1) is 21.3 Å². The lowest BCUT2D eigenvalue weighted by atomic mass is 10.2. The molecule has 3 N–H and O–H groups in total. The molecule has 102 valence electrons. The molecular weight excluding hydrogens is 267 g/mol. The summed E-state index contributed by atoms with van der Waals surface area (Å²) in [7, 11) is 0. The summed E-state index contributed by atoms with van der Waals surface area (Å²) >= 11 is 0. The van der Waals surface area contributed by atoms with Gasteiger partial charge in [-0.1, -0.05) is 0 Å². The number of nitrogens with zero attached hydrogens (tertiary/aromatic N) is 2. The molecule has 0 saturated heterocycles. The van der Waals surface area contributed by atoms with Crippen molar-refractivity contribution in [2.75, 3.05) is 0 Å². The average Bonchev–Trinajstić information content (AvgIpc) is 2.41. The summed E-state index contributed by atoms with van der Waals surface area (Å²) in [5.41, 5.74) is 5.16. The second kappa shape index (κ2) is 5.31. The van der Waals surface area contributed by atoms with Gasteiger partial charge in [-0.3, -0.25) is 15.5 Å². The Morgan fingerprint density at radius 3 is 2.80 bits per heavy atom. The standard InChI is InChI=1S/C12H9FN4O3/c13-8-1-2-10(9(6-8)17(18)19)20-11-5-7(12(14)15)3-4-16-11/h1-6H,(H3,14,15). The minimum Gasteiger partial charge on any atom is -0.432 e. The van der Waals surface area contributed by atoms with E-state index in [1.165, 1.54) is 18.3 Å². The van der Waals surface area contributed by atoms with E-state index in [1.807, 2.05) is 0 Å². The topological polar surface area (TPSA) is 115 Å². The first-order valence-electron chi connectivity index (χ1n) is 5.39. The molecule has 0 aliphatic rings. The minimum absolute atomic E-state index is 0.0207. The molecule has 0 unspecified atom stereocenters. The third-order valence-corrected chi connectivity index (χ3v) is 2.38. The van der Waals surface area contributed by atoms with Crippen molar-refractivity contribution in [2.24, 2.45) is 5.73 Å². The molecule has 1 heterocycles. The highest BCUT2D eigenvalue weighted by atomic mass is 19.1. The van der Waals surface area contributed by atoms with Crippen LogP contribution in [0.2, 0.25) is 0 Å². The summed E-state index contributed by atoms with van der Waals surface area (Å²) in [5.74, 6) is -1.06. The van der Waals surface area contributed by atoms with Crippen LogP contribution in [-0.2, 0) is 0 Å². The summed E-state index contributed by atoms with van der Waals surface area (Å²) in [6.45, 7) is 0. The summed E-state index contributed by atoms with van der Waals surface area (Å²) in [6.07, 6.45) is 1.35. The molecule has 7 nitrogen and oxygen atoms in total. The van der Waals surface area contributed by atoms with E-state index in [2.05, 4.69) is 4.98 Å². The molecule has 2 rings (SSSR count). The first-order valence-corrected chi connectivity index (χ1v) is 5.39. The van der Waals surface area contributed by atoms with Crippen LogP contribution < -0.4 is 10.5 Å². The fourth-order valence-electron chi connectivity index (χ4n) is 1.46. The molecule has 8 heteroatoms. The van der Waals surface area contributed by atoms with E-state index in [9.17, 15) is 14.5 Å². The van der Waals surface area contributed by atoms with E-state index in [-0.39, 0.29) is 17.5 Å². The van der Waals surface area contributed by atoms with Crippen LogP contribution in [0.1, 0.15) is 5.56 Å². The first kappa shape index (κ1) is 13.4. The second-order valence-corrected chi connectivity index (χ2v) is 3.77. The Hall–Kier alpha value is -3.03. The van der Waals surface area contributed by atoms with Gasteiger partial charge in [-0.15, -0.1) is 0 Å². The van der Waals surface area contributed by atoms with Crippen molar-refractivity contribution < 1.29 is 14.1 Å². The number of halogens is 1. The van der Waals surface area contributed by atoms with Gasteiger partial charge in [0.25, 0.3) is 0 Å². The number of nitrogen functional groups attached to an aromatic ring is 1. The number of amidine groups is 1. The SMILES string of the molecule is N=C(N)c1ccnc(Oc2ccc(F)cc2[N+](=O)[O-])c1. The van der Waals surface area contributed by atoms with Crippen molar-refractivity contribution >= 4 is 11.5 Å². The van der Waals surface area contributed by atoms with Gasteiger partial charge in [0.15, 0.2) is 0 Å². The monoisotopic (exact) mass is 276 g/mol. The molecule has 1 aromatic heterocycles. The van der Waals surface area contributed by atoms with Gasteiger partial charge < -0.3 is 10.5 Å². The molecule has 0 saturated carbocycles. The summed E-state index contributed by atoms with van der Waals surface area (Å²) < 4.78 is 18.2. The van der Waals surface area contributed by atoms with Gasteiger partial charge in [-0.2, -0.15) is 0 Å². The fourth-order valence-corrected chi connectivity index (χ4v) is 1.46. The van der Waals surface area contributed by atoms with E-state index in [0.717, 1.165) is 18.2 Å². The Morgan fingerprint density at radius 2 is 2.15 bits per heavy atom. The van der Waals surface area contributed by atoms with Gasteiger partial charge in [-0.05, 0) is 18.2 Å². The van der Waals surface area contributed by atoms with E-state index in [1.54, 1.807) is 0 Å². The van der Waals surface area contributed by atoms with Crippen molar-refractivity contribution in [3.63, 3.8) is 0 Å². The summed E-state index contributed by atoms with van der Waals surface area (Å²) in [6, 6.07) is 5.78. The van der Waals surface area contributed by atoms with Crippen molar-refractivity contribution in [1.82, 2.24) is 4.98 Å². The number of hydrogen-bond donors (Lipinski definition) is 2. The Morgan fingerprint density at radius 1 is 1.40 bits per heavy atom. The Balaban J connectivity index is 2.37. The van der Waals surface area contributed by atoms with Crippen molar-refractivity contribution in [1.29, 1.82) is 5.41 Å². The van der Waals surface area contributed by atoms with Crippen LogP contribution >= 0.6 is 0 Å². The van der Waals surface area contributed by atoms with E-state index in [0.29, 0.717) is 5.56 Å². The van der Waals surface area contributed by atoms with E-state index in [4.69, 9.17) is 15.9 Å². The Kier molecular flexibility index (Phi) is 3.56. The van der Waals surface area contributed by atoms with E-state index < -0.39 is 16.4 Å². The van der Waals surface area contributed by atoms with Crippen molar-refractivity contribution in [3.05, 3.63) is 58.0 Å². The molecule has 0 fully saturated rings. The molecule has 2 aromatic rings. The summed E-state index contributed by atoms with van der Waals surface area (Å²) in [4.78, 5) is 13.9. The molecule has 0 amide bonds. The molecule has 1 aromatic carbocycles. The number of nitrogens with two attached hydrogens (primary N) is 1. The third-order valence-electron chi connectivity index (χ3n) is 2.38. The normalized spacial score (nSPS) is 10.1. The minimum atomic E-state index is -0.757. The van der Waals surface area contributed by atoms with Crippen LogP contribution in [0.4, 0.5) is 10.1 Å². The molecule has 0 bridgehead atoms. The molecule has 20 heavy (non-hydrogen) atoms. The van der Waals surface area contributed by atoms with Gasteiger partial charge >= 0.3 is 5.69 Å². The van der Waals surface area contributed by atoms with Crippen LogP contribution in [0.25, 0.3) is 0 Å². The molecule has 0 spiro atoms. The van der Waals surface area contributed by atoms with Gasteiger partial charge in [0.05, 0.1) is 11.0 Å². The Labute approximate surface area is 112 Å². The predicted molar refractivity (Wildman–Crippen MR) is 68.4 cm³/mol. The van der Waals surface area contributed by atoms with Crippen LogP contribution in [0.5, 0.6) is 11.6 Å². The number of pyridine rings is 1. The lowest BCUT2D eigenvalue weighted by Gasteiger charge is -2.06. The smallest absolute Gasteiger partial charge is 0.314 e. The zero-order valence-electron chi connectivity index (χ0n) is 10.0. The van der Waals surface area contributed by atoms with Gasteiger partial charge in [0.2, 0.25) is 11.6 Å². The van der Waals surface area contributed by atoms with Crippen LogP contribution in [0.15, 0.2) is 36.5 Å². The predicted octanol–water partition coefficient (Wildman–Crippen LogP) is 2.21. The maximum Gasteiger partial charge on any atom is 0.314 e. The van der Waals surface area contributed by atoms with Crippen molar-refractivity contribution in [2.45, 2.75) is 0 Å². The highest BCUT2D eigenvalue weighted by Gasteiger charge is 2.17. The van der Waals surface area contributed by atoms with Crippen LogP contribution in [-0.4, -0.2) is 15.7 Å². The molecule has 0 atom stereocenters. The molecule has 0 radical (unpaired) electrons. The number of nitrogens with one attached hydrogen (secondary N) is 1. The zero-order chi connectivity index (χ0) is 14.7. The molecule has 0 aliphatic carbocycles. The number of nitro benzene ring substituents is 1. The van der Waals surface area contributed by atoms with Gasteiger partial charge in [0.1, 0.15) is 11.7 Å². The number of benzene rings is 1. The fraction of sp³-hybridized carbons (Fsp3) is 0. The third kappa shape index (κ3) is 2.86. The number of aromatic nitrogens is 1. The van der Waals surface area contributed by atoms with E-state index >= 15 is 0 Å².